The molecule has 0 aromatic heterocycles. The fraction of sp³-hybridized carbons (Fsp3) is 0.692. The van der Waals surface area contributed by atoms with Gasteiger partial charge in [0.2, 0.25) is 11.8 Å². The molecule has 2 saturated heterocycles. The zero-order valence-electron chi connectivity index (χ0n) is 12.0. The third-order valence-electron chi connectivity index (χ3n) is 4.01. The summed E-state index contributed by atoms with van der Waals surface area (Å²) in [6.45, 7) is 3.62. The SMILES string of the molecule is CC[C@H](O)[C@@H]1C(=O)N2C(OC(=O)O)=C(SC3CCNC3)S[C@H]12. The smallest absolute Gasteiger partial charge is 0.449 e. The first kappa shape index (κ1) is 16.0. The number of ether oxygens (including phenoxy) is 1. The summed E-state index contributed by atoms with van der Waals surface area (Å²) in [5.74, 6) is -0.630. The van der Waals surface area contributed by atoms with E-state index in [2.05, 4.69) is 5.32 Å². The zero-order valence-corrected chi connectivity index (χ0v) is 13.7. The normalized spacial score (nSPS) is 32.0. The van der Waals surface area contributed by atoms with Crippen LogP contribution in [0.1, 0.15) is 19.8 Å². The molecule has 0 aromatic rings. The van der Waals surface area contributed by atoms with Gasteiger partial charge >= 0.3 is 6.16 Å². The largest absolute Gasteiger partial charge is 0.512 e. The number of nitrogens with zero attached hydrogens (tertiary/aromatic N) is 1. The van der Waals surface area contributed by atoms with Gasteiger partial charge in [0.1, 0.15) is 9.61 Å². The van der Waals surface area contributed by atoms with E-state index in [0.29, 0.717) is 11.7 Å². The Bertz CT molecular complexity index is 521. The van der Waals surface area contributed by atoms with E-state index in [4.69, 9.17) is 9.84 Å². The van der Waals surface area contributed by atoms with Crippen molar-refractivity contribution in [3.8, 4) is 0 Å². The van der Waals surface area contributed by atoms with Gasteiger partial charge in [0.25, 0.3) is 0 Å². The molecule has 22 heavy (non-hydrogen) atoms. The molecular weight excluding hydrogens is 328 g/mol. The number of aliphatic hydroxyl groups is 1. The van der Waals surface area contributed by atoms with Crippen LogP contribution in [0.4, 0.5) is 4.79 Å². The van der Waals surface area contributed by atoms with E-state index < -0.39 is 18.2 Å². The van der Waals surface area contributed by atoms with Gasteiger partial charge in [-0.25, -0.2) is 4.79 Å². The summed E-state index contributed by atoms with van der Waals surface area (Å²) < 4.78 is 5.58. The van der Waals surface area contributed by atoms with Gasteiger partial charge in [-0.15, -0.1) is 11.8 Å². The molecule has 1 unspecified atom stereocenters. The number of fused-ring (bicyclic) bond motifs is 1. The number of β-lactam (4-membered cyclic amide) rings is 1. The van der Waals surface area contributed by atoms with Crippen molar-refractivity contribution in [2.75, 3.05) is 13.1 Å². The van der Waals surface area contributed by atoms with Crippen molar-refractivity contribution in [2.45, 2.75) is 36.5 Å². The Hall–Kier alpha value is -0.900. The van der Waals surface area contributed by atoms with Crippen LogP contribution in [0.2, 0.25) is 0 Å². The third kappa shape index (κ3) is 2.70. The maximum absolute atomic E-state index is 12.2. The number of carbonyl (C=O) groups excluding carboxylic acids is 1. The first-order valence-electron chi connectivity index (χ1n) is 7.23. The molecule has 122 valence electrons. The number of carbonyl (C=O) groups is 2. The first-order valence-corrected chi connectivity index (χ1v) is 8.99. The van der Waals surface area contributed by atoms with Crippen molar-refractivity contribution >= 4 is 35.6 Å². The van der Waals surface area contributed by atoms with E-state index in [1.807, 2.05) is 6.92 Å². The highest BCUT2D eigenvalue weighted by atomic mass is 32.2. The number of carboxylic acid groups (broad SMARTS) is 1. The number of thioether (sulfide) groups is 2. The van der Waals surface area contributed by atoms with E-state index >= 15 is 0 Å². The minimum absolute atomic E-state index is 0.115. The van der Waals surface area contributed by atoms with Crippen LogP contribution in [0.15, 0.2) is 10.1 Å². The molecule has 0 radical (unpaired) electrons. The Morgan fingerprint density at radius 3 is 3.00 bits per heavy atom. The van der Waals surface area contributed by atoms with Gasteiger partial charge in [0.15, 0.2) is 0 Å². The molecule has 0 aromatic carbocycles. The van der Waals surface area contributed by atoms with Crippen LogP contribution < -0.4 is 5.32 Å². The van der Waals surface area contributed by atoms with E-state index in [-0.39, 0.29) is 17.2 Å². The minimum Gasteiger partial charge on any atom is -0.449 e. The lowest BCUT2D eigenvalue weighted by atomic mass is 9.91. The number of nitrogens with one attached hydrogen (secondary N) is 1. The molecule has 3 aliphatic rings. The zero-order chi connectivity index (χ0) is 15.9. The Balaban J connectivity index is 1.78. The maximum Gasteiger partial charge on any atom is 0.512 e. The second kappa shape index (κ2) is 6.31. The molecule has 3 N–H and O–H groups in total. The number of aliphatic hydroxyl groups excluding tert-OH is 1. The highest BCUT2D eigenvalue weighted by Gasteiger charge is 2.58. The predicted molar refractivity (Wildman–Crippen MR) is 83.0 cm³/mol. The molecule has 3 aliphatic heterocycles. The Kier molecular flexibility index (Phi) is 4.58. The standard InChI is InChI=1S/C13H18N2O5S2/c1-2-7(16)8-9(17)15-10(20-13(18)19)12(22-11(8)15)21-6-3-4-14-5-6/h6-8,11,14,16H,2-5H2,1H3,(H,18,19)/t6?,7-,8+,11+/m0/s1. The van der Waals surface area contributed by atoms with Gasteiger partial charge in [0.05, 0.1) is 12.0 Å². The third-order valence-corrected chi connectivity index (χ3v) is 6.85. The van der Waals surface area contributed by atoms with E-state index in [9.17, 15) is 14.7 Å². The predicted octanol–water partition coefficient (Wildman–Crippen LogP) is 1.20. The van der Waals surface area contributed by atoms with Crippen molar-refractivity contribution in [3.05, 3.63) is 10.1 Å². The minimum atomic E-state index is -1.42. The molecule has 2 fully saturated rings. The van der Waals surface area contributed by atoms with Gasteiger partial charge in [0, 0.05) is 11.8 Å². The molecule has 4 atom stereocenters. The van der Waals surface area contributed by atoms with Crippen LogP contribution in [-0.4, -0.2) is 57.0 Å². The molecule has 1 amide bonds. The fourth-order valence-corrected chi connectivity index (χ4v) is 5.94. The summed E-state index contributed by atoms with van der Waals surface area (Å²) in [6.07, 6.45) is -0.642. The lowest BCUT2D eigenvalue weighted by Gasteiger charge is -2.43. The summed E-state index contributed by atoms with van der Waals surface area (Å²) in [5.41, 5.74) is 0. The van der Waals surface area contributed by atoms with Gasteiger partial charge in [-0.05, 0) is 19.4 Å². The highest BCUT2D eigenvalue weighted by Crippen LogP contribution is 2.55. The second-order valence-electron chi connectivity index (χ2n) is 5.41. The molecule has 7 nitrogen and oxygen atoms in total. The van der Waals surface area contributed by atoms with Crippen molar-refractivity contribution in [3.63, 3.8) is 0 Å². The lowest BCUT2D eigenvalue weighted by Crippen LogP contribution is -2.60. The van der Waals surface area contributed by atoms with Crippen molar-refractivity contribution in [1.29, 1.82) is 0 Å². The number of amides is 1. The summed E-state index contributed by atoms with van der Waals surface area (Å²) in [7, 11) is 0. The second-order valence-corrected chi connectivity index (χ2v) is 8.11. The summed E-state index contributed by atoms with van der Waals surface area (Å²) in [5, 5.41) is 22.2. The van der Waals surface area contributed by atoms with Crippen LogP contribution in [-0.2, 0) is 9.53 Å². The van der Waals surface area contributed by atoms with Gasteiger partial charge in [-0.2, -0.15) is 0 Å². The highest BCUT2D eigenvalue weighted by molar-refractivity contribution is 8.23. The Morgan fingerprint density at radius 1 is 1.64 bits per heavy atom. The summed E-state index contributed by atoms with van der Waals surface area (Å²) in [4.78, 5) is 24.5. The van der Waals surface area contributed by atoms with E-state index in [1.165, 1.54) is 16.7 Å². The van der Waals surface area contributed by atoms with Crippen LogP contribution in [0.3, 0.4) is 0 Å². The van der Waals surface area contributed by atoms with E-state index in [1.54, 1.807) is 11.8 Å². The maximum atomic E-state index is 12.2. The average molecular weight is 346 g/mol. The number of hydrogen-bond acceptors (Lipinski definition) is 7. The van der Waals surface area contributed by atoms with Crippen LogP contribution >= 0.6 is 23.5 Å². The molecule has 0 aliphatic carbocycles. The van der Waals surface area contributed by atoms with Gasteiger partial charge < -0.3 is 20.3 Å². The Morgan fingerprint density at radius 2 is 2.41 bits per heavy atom. The quantitative estimate of drug-likeness (QED) is 0.505. The molecular formula is C13H18N2O5S2. The van der Waals surface area contributed by atoms with Crippen LogP contribution in [0, 0.1) is 5.92 Å². The topological polar surface area (TPSA) is 99.1 Å². The van der Waals surface area contributed by atoms with Crippen LogP contribution in [0.5, 0.6) is 0 Å². The molecule has 0 saturated carbocycles. The Labute approximate surface area is 136 Å². The van der Waals surface area contributed by atoms with E-state index in [0.717, 1.165) is 23.7 Å². The van der Waals surface area contributed by atoms with Gasteiger partial charge in [-0.1, -0.05) is 18.7 Å². The molecule has 0 spiro atoms. The fourth-order valence-electron chi connectivity index (χ4n) is 2.83. The average Bonchev–Trinajstić information content (AvgIpc) is 3.06. The first-order chi connectivity index (χ1) is 10.5. The molecule has 3 rings (SSSR count). The van der Waals surface area contributed by atoms with Crippen molar-refractivity contribution in [2.24, 2.45) is 5.92 Å². The molecule has 9 heteroatoms. The van der Waals surface area contributed by atoms with Crippen LogP contribution in [0.25, 0.3) is 0 Å². The number of hydrogen-bond donors (Lipinski definition) is 3. The van der Waals surface area contributed by atoms with Gasteiger partial charge in [-0.3, -0.25) is 9.69 Å². The summed E-state index contributed by atoms with van der Waals surface area (Å²) >= 11 is 2.98. The number of rotatable bonds is 5. The monoisotopic (exact) mass is 346 g/mol. The van der Waals surface area contributed by atoms with Crippen molar-refractivity contribution < 1.29 is 24.5 Å². The lowest BCUT2D eigenvalue weighted by molar-refractivity contribution is -0.156. The molecule has 3 heterocycles. The van der Waals surface area contributed by atoms with Crippen molar-refractivity contribution in [1.82, 2.24) is 10.2 Å². The summed E-state index contributed by atoms with van der Waals surface area (Å²) in [6, 6.07) is 0. The molecule has 0 bridgehead atoms.